The van der Waals surface area contributed by atoms with Gasteiger partial charge in [0.15, 0.2) is 0 Å². The van der Waals surface area contributed by atoms with Crippen LogP contribution in [0.25, 0.3) is 0 Å². The van der Waals surface area contributed by atoms with Gasteiger partial charge in [0.2, 0.25) is 0 Å². The van der Waals surface area contributed by atoms with E-state index < -0.39 is 16.4 Å². The Morgan fingerprint density at radius 3 is 2.37 bits per heavy atom. The molecule has 0 heterocycles. The summed E-state index contributed by atoms with van der Waals surface area (Å²) in [6.45, 7) is 5.90. The predicted molar refractivity (Wildman–Crippen MR) is 115 cm³/mol. The number of ether oxygens (including phenoxy) is 1. The summed E-state index contributed by atoms with van der Waals surface area (Å²) in [7, 11) is 0. The molecule has 0 aliphatic carbocycles. The van der Waals surface area contributed by atoms with Gasteiger partial charge in [0, 0.05) is 18.7 Å². The number of hydrogen-bond donors (Lipinski definition) is 1. The minimum absolute atomic E-state index is 0.0867. The van der Waals surface area contributed by atoms with Gasteiger partial charge in [-0.3, -0.25) is 14.9 Å². The first-order valence-electron chi connectivity index (χ1n) is 9.61. The van der Waals surface area contributed by atoms with Crippen LogP contribution in [0.1, 0.15) is 59.9 Å². The van der Waals surface area contributed by atoms with Gasteiger partial charge in [0.05, 0.1) is 21.1 Å². The number of unbranched alkanes of at least 4 members (excludes halogenated alkanes) is 1. The molecule has 2 rings (SSSR count). The molecule has 0 aliphatic heterocycles. The molecular weight excluding hydrogens is 408 g/mol. The maximum absolute atomic E-state index is 12.2. The van der Waals surface area contributed by atoms with Crippen molar-refractivity contribution in [2.24, 2.45) is 0 Å². The minimum atomic E-state index is -0.568. The Hall–Kier alpha value is -2.93. The number of carbonyl (C=O) groups is 2. The molecule has 0 atom stereocenters. The molecule has 1 N–H and O–H groups in total. The number of nitrogens with one attached hydrogen (secondary N) is 1. The van der Waals surface area contributed by atoms with Crippen LogP contribution in [0.5, 0.6) is 0 Å². The van der Waals surface area contributed by atoms with Crippen LogP contribution in [-0.4, -0.2) is 28.9 Å². The zero-order valence-corrected chi connectivity index (χ0v) is 18.0. The van der Waals surface area contributed by atoms with E-state index >= 15 is 0 Å². The number of aryl methyl sites for hydroxylation is 1. The highest BCUT2D eigenvalue weighted by molar-refractivity contribution is 6.33. The second-order valence-electron chi connectivity index (χ2n) is 7.83. The number of rotatable bonds is 8. The van der Waals surface area contributed by atoms with Crippen LogP contribution in [-0.2, 0) is 11.2 Å². The van der Waals surface area contributed by atoms with E-state index in [1.807, 2.05) is 32.9 Å². The monoisotopic (exact) mass is 432 g/mol. The van der Waals surface area contributed by atoms with Gasteiger partial charge in [-0.25, -0.2) is 4.79 Å². The minimum Gasteiger partial charge on any atom is -0.456 e. The molecule has 0 saturated heterocycles. The van der Waals surface area contributed by atoms with Gasteiger partial charge in [-0.2, -0.15) is 0 Å². The Morgan fingerprint density at radius 2 is 1.77 bits per heavy atom. The molecule has 0 unspecified atom stereocenters. The molecule has 0 radical (unpaired) electrons. The van der Waals surface area contributed by atoms with E-state index in [4.69, 9.17) is 16.3 Å². The lowest BCUT2D eigenvalue weighted by atomic mass is 10.1. The van der Waals surface area contributed by atoms with E-state index in [-0.39, 0.29) is 22.2 Å². The van der Waals surface area contributed by atoms with Gasteiger partial charge >= 0.3 is 5.97 Å². The van der Waals surface area contributed by atoms with Crippen LogP contribution < -0.4 is 5.32 Å². The molecule has 0 fully saturated rings. The van der Waals surface area contributed by atoms with Gasteiger partial charge in [-0.05, 0) is 63.8 Å². The quantitative estimate of drug-likeness (QED) is 0.275. The standard InChI is InChI=1S/C22H25ClN2O5/c1-22(2,3)30-21(27)16-9-7-15(8-10-16)6-4-5-13-24-20(26)18-14-17(25(28)29)11-12-19(18)23/h7-12,14H,4-6,13H2,1-3H3,(H,24,26). The molecule has 160 valence electrons. The lowest BCUT2D eigenvalue weighted by Crippen LogP contribution is -2.25. The smallest absolute Gasteiger partial charge is 0.338 e. The highest BCUT2D eigenvalue weighted by Crippen LogP contribution is 2.22. The van der Waals surface area contributed by atoms with Crippen LogP contribution in [0.3, 0.4) is 0 Å². The number of amides is 1. The van der Waals surface area contributed by atoms with Gasteiger partial charge in [-0.15, -0.1) is 0 Å². The molecule has 0 bridgehead atoms. The summed E-state index contributed by atoms with van der Waals surface area (Å²) in [5.74, 6) is -0.790. The maximum Gasteiger partial charge on any atom is 0.338 e. The second-order valence-corrected chi connectivity index (χ2v) is 8.24. The number of benzene rings is 2. The lowest BCUT2D eigenvalue weighted by molar-refractivity contribution is -0.384. The summed E-state index contributed by atoms with van der Waals surface area (Å²) in [6.07, 6.45) is 2.35. The van der Waals surface area contributed by atoms with E-state index in [9.17, 15) is 19.7 Å². The normalized spacial score (nSPS) is 11.1. The van der Waals surface area contributed by atoms with Crippen molar-refractivity contribution in [1.29, 1.82) is 0 Å². The van der Waals surface area contributed by atoms with E-state index in [0.717, 1.165) is 24.8 Å². The summed E-state index contributed by atoms with van der Waals surface area (Å²) < 4.78 is 5.34. The summed E-state index contributed by atoms with van der Waals surface area (Å²) >= 11 is 5.97. The summed E-state index contributed by atoms with van der Waals surface area (Å²) in [4.78, 5) is 34.5. The van der Waals surface area contributed by atoms with Crippen LogP contribution in [0.15, 0.2) is 42.5 Å². The molecule has 2 aromatic rings. The van der Waals surface area contributed by atoms with E-state index in [1.165, 1.54) is 18.2 Å². The highest BCUT2D eigenvalue weighted by Gasteiger charge is 2.18. The van der Waals surface area contributed by atoms with Gasteiger partial charge < -0.3 is 10.1 Å². The van der Waals surface area contributed by atoms with Crippen molar-refractivity contribution in [3.8, 4) is 0 Å². The number of esters is 1. The molecule has 0 aliphatic rings. The third-order valence-electron chi connectivity index (χ3n) is 4.17. The number of carbonyl (C=O) groups excluding carboxylic acids is 2. The highest BCUT2D eigenvalue weighted by atomic mass is 35.5. The van der Waals surface area contributed by atoms with Crippen LogP contribution in [0, 0.1) is 10.1 Å². The van der Waals surface area contributed by atoms with Gasteiger partial charge in [-0.1, -0.05) is 23.7 Å². The Balaban J connectivity index is 1.78. The Kier molecular flexibility index (Phi) is 7.94. The lowest BCUT2D eigenvalue weighted by Gasteiger charge is -2.19. The largest absolute Gasteiger partial charge is 0.456 e. The van der Waals surface area contributed by atoms with Gasteiger partial charge in [0.25, 0.3) is 11.6 Å². The van der Waals surface area contributed by atoms with Crippen molar-refractivity contribution in [1.82, 2.24) is 5.32 Å². The van der Waals surface area contributed by atoms with E-state index in [0.29, 0.717) is 12.1 Å². The molecule has 0 saturated carbocycles. The molecule has 30 heavy (non-hydrogen) atoms. The fourth-order valence-corrected chi connectivity index (χ4v) is 2.90. The Labute approximate surface area is 180 Å². The van der Waals surface area contributed by atoms with Gasteiger partial charge in [0.1, 0.15) is 5.60 Å². The average Bonchev–Trinajstić information content (AvgIpc) is 2.66. The third kappa shape index (κ3) is 7.15. The molecule has 0 aromatic heterocycles. The first kappa shape index (κ1) is 23.3. The number of halogens is 1. The zero-order valence-electron chi connectivity index (χ0n) is 17.2. The summed E-state index contributed by atoms with van der Waals surface area (Å²) in [5.41, 5.74) is 0.961. The third-order valence-corrected chi connectivity index (χ3v) is 4.50. The number of nitro groups is 1. The SMILES string of the molecule is CC(C)(C)OC(=O)c1ccc(CCCCNC(=O)c2cc([N+](=O)[O-])ccc2Cl)cc1. The van der Waals surface area contributed by atoms with E-state index in [1.54, 1.807) is 12.1 Å². The molecule has 2 aromatic carbocycles. The predicted octanol–water partition coefficient (Wildman–Crippen LogP) is 4.96. The van der Waals surface area contributed by atoms with Crippen molar-refractivity contribution in [3.63, 3.8) is 0 Å². The molecule has 7 nitrogen and oxygen atoms in total. The fraction of sp³-hybridized carbons (Fsp3) is 0.364. The summed E-state index contributed by atoms with van der Waals surface area (Å²) in [5, 5.41) is 13.7. The maximum atomic E-state index is 12.2. The van der Waals surface area contributed by atoms with Crippen LogP contribution in [0.4, 0.5) is 5.69 Å². The van der Waals surface area contributed by atoms with E-state index in [2.05, 4.69) is 5.32 Å². The zero-order chi connectivity index (χ0) is 22.3. The molecule has 8 heteroatoms. The molecule has 0 spiro atoms. The first-order chi connectivity index (χ1) is 14.1. The number of nitrogens with zero attached hydrogens (tertiary/aromatic N) is 1. The van der Waals surface area contributed by atoms with Crippen molar-refractivity contribution in [2.45, 2.75) is 45.6 Å². The Morgan fingerprint density at radius 1 is 1.10 bits per heavy atom. The van der Waals surface area contributed by atoms with Crippen LogP contribution in [0.2, 0.25) is 5.02 Å². The molecule has 1 amide bonds. The number of nitro benzene ring substituents is 1. The topological polar surface area (TPSA) is 98.5 Å². The molecular formula is C22H25ClN2O5. The van der Waals surface area contributed by atoms with Crippen molar-refractivity contribution < 1.29 is 19.2 Å². The van der Waals surface area contributed by atoms with Crippen molar-refractivity contribution in [2.75, 3.05) is 6.54 Å². The first-order valence-corrected chi connectivity index (χ1v) is 9.99. The summed E-state index contributed by atoms with van der Waals surface area (Å²) in [6, 6.07) is 11.0. The number of non-ortho nitro benzene ring substituents is 1. The average molecular weight is 433 g/mol. The van der Waals surface area contributed by atoms with Crippen molar-refractivity contribution >= 4 is 29.2 Å². The number of hydrogen-bond acceptors (Lipinski definition) is 5. The second kappa shape index (κ2) is 10.2. The van der Waals surface area contributed by atoms with Crippen molar-refractivity contribution in [3.05, 3.63) is 74.3 Å². The van der Waals surface area contributed by atoms with Crippen LogP contribution >= 0.6 is 11.6 Å². The Bertz CT molecular complexity index is 920. The fourth-order valence-electron chi connectivity index (χ4n) is 2.70.